The molecule has 3 fully saturated rings. The molecule has 3 unspecified atom stereocenters. The number of rotatable bonds is 8. The number of hydrogen-bond donors (Lipinski definition) is 2. The first-order valence-corrected chi connectivity index (χ1v) is 8.88. The minimum atomic E-state index is -0.0225. The van der Waals surface area contributed by atoms with Gasteiger partial charge in [0.2, 0.25) is 0 Å². The van der Waals surface area contributed by atoms with E-state index >= 15 is 0 Å². The first-order valence-electron chi connectivity index (χ1n) is 8.88. The normalized spacial score (nSPS) is 33.3. The highest BCUT2D eigenvalue weighted by molar-refractivity contribution is 4.89. The predicted molar refractivity (Wildman–Crippen MR) is 82.7 cm³/mol. The zero-order valence-electron chi connectivity index (χ0n) is 13.1. The molecule has 1 saturated heterocycles. The Balaban J connectivity index is 1.48. The minimum Gasteiger partial charge on any atom is -0.393 e. The molecule has 3 rings (SSSR count). The largest absolute Gasteiger partial charge is 0.393 e. The van der Waals surface area contributed by atoms with Gasteiger partial charge in [0.15, 0.2) is 0 Å². The van der Waals surface area contributed by atoms with Crippen molar-refractivity contribution in [2.75, 3.05) is 26.2 Å². The van der Waals surface area contributed by atoms with Crippen LogP contribution in [0.3, 0.4) is 0 Å². The molecule has 2 saturated carbocycles. The van der Waals surface area contributed by atoms with E-state index < -0.39 is 0 Å². The van der Waals surface area contributed by atoms with Gasteiger partial charge in [-0.25, -0.2) is 0 Å². The van der Waals surface area contributed by atoms with Gasteiger partial charge in [0.05, 0.1) is 6.10 Å². The van der Waals surface area contributed by atoms with Gasteiger partial charge in [-0.2, -0.15) is 0 Å². The lowest BCUT2D eigenvalue weighted by atomic mass is 9.88. The van der Waals surface area contributed by atoms with Crippen LogP contribution in [0.5, 0.6) is 0 Å². The van der Waals surface area contributed by atoms with Crippen LogP contribution in [-0.2, 0) is 0 Å². The number of nitrogens with zero attached hydrogens (tertiary/aromatic N) is 1. The van der Waals surface area contributed by atoms with E-state index in [-0.39, 0.29) is 6.10 Å². The van der Waals surface area contributed by atoms with E-state index in [9.17, 15) is 5.11 Å². The van der Waals surface area contributed by atoms with Crippen LogP contribution in [0.25, 0.3) is 0 Å². The maximum absolute atomic E-state index is 10.2. The first kappa shape index (κ1) is 14.8. The van der Waals surface area contributed by atoms with Gasteiger partial charge in [0.1, 0.15) is 0 Å². The second kappa shape index (κ2) is 6.76. The van der Waals surface area contributed by atoms with E-state index in [4.69, 9.17) is 0 Å². The molecule has 0 aromatic rings. The van der Waals surface area contributed by atoms with E-state index in [0.717, 1.165) is 12.3 Å². The van der Waals surface area contributed by atoms with Crippen molar-refractivity contribution in [3.63, 3.8) is 0 Å². The summed E-state index contributed by atoms with van der Waals surface area (Å²) in [4.78, 5) is 2.62. The molecule has 0 aromatic heterocycles. The summed E-state index contributed by atoms with van der Waals surface area (Å²) in [6.07, 6.45) is 8.91. The number of aliphatic hydroxyl groups excluding tert-OH is 1. The average Bonchev–Trinajstić information content (AvgIpc) is 3.29. The molecule has 116 valence electrons. The summed E-state index contributed by atoms with van der Waals surface area (Å²) in [5.74, 6) is 2.30. The van der Waals surface area contributed by atoms with Gasteiger partial charge < -0.3 is 15.3 Å². The fourth-order valence-electron chi connectivity index (χ4n) is 3.79. The van der Waals surface area contributed by atoms with Crippen molar-refractivity contribution >= 4 is 0 Å². The molecule has 0 spiro atoms. The molecule has 0 amide bonds. The third-order valence-corrected chi connectivity index (χ3v) is 5.29. The zero-order chi connectivity index (χ0) is 13.9. The second-order valence-corrected chi connectivity index (χ2v) is 7.55. The summed E-state index contributed by atoms with van der Waals surface area (Å²) in [5, 5.41) is 14.0. The Morgan fingerprint density at radius 3 is 2.60 bits per heavy atom. The third kappa shape index (κ3) is 4.44. The molecule has 2 aliphatic carbocycles. The number of piperidine rings is 1. The maximum atomic E-state index is 10.2. The molecule has 0 radical (unpaired) electrons. The number of hydrogen-bond acceptors (Lipinski definition) is 3. The smallest absolute Gasteiger partial charge is 0.0571 e. The Labute approximate surface area is 124 Å². The lowest BCUT2D eigenvalue weighted by Crippen LogP contribution is -2.50. The van der Waals surface area contributed by atoms with E-state index in [1.807, 2.05) is 0 Å². The molecule has 1 heterocycles. The molecule has 1 aliphatic heterocycles. The topological polar surface area (TPSA) is 35.5 Å². The lowest BCUT2D eigenvalue weighted by Gasteiger charge is -2.39. The van der Waals surface area contributed by atoms with Crippen molar-refractivity contribution in [3.05, 3.63) is 0 Å². The van der Waals surface area contributed by atoms with Crippen molar-refractivity contribution in [2.45, 2.75) is 64.0 Å². The first-order chi connectivity index (χ1) is 9.74. The highest BCUT2D eigenvalue weighted by Crippen LogP contribution is 2.36. The van der Waals surface area contributed by atoms with Gasteiger partial charge in [0, 0.05) is 19.1 Å². The second-order valence-electron chi connectivity index (χ2n) is 7.55. The van der Waals surface area contributed by atoms with Gasteiger partial charge in [0.25, 0.3) is 0 Å². The summed E-state index contributed by atoms with van der Waals surface area (Å²) in [5.41, 5.74) is 0. The Bertz CT molecular complexity index is 301. The summed E-state index contributed by atoms with van der Waals surface area (Å²) < 4.78 is 0. The molecule has 2 N–H and O–H groups in total. The van der Waals surface area contributed by atoms with Crippen molar-refractivity contribution in [1.29, 1.82) is 0 Å². The molecule has 3 atom stereocenters. The molecular formula is C17H32N2O. The van der Waals surface area contributed by atoms with Gasteiger partial charge in [-0.1, -0.05) is 6.92 Å². The van der Waals surface area contributed by atoms with E-state index in [0.29, 0.717) is 17.9 Å². The fourth-order valence-corrected chi connectivity index (χ4v) is 3.79. The summed E-state index contributed by atoms with van der Waals surface area (Å²) >= 11 is 0. The Morgan fingerprint density at radius 2 is 1.95 bits per heavy atom. The summed E-state index contributed by atoms with van der Waals surface area (Å²) in [7, 11) is 0. The van der Waals surface area contributed by atoms with E-state index in [1.54, 1.807) is 0 Å². The fraction of sp³-hybridized carbons (Fsp3) is 1.00. The van der Waals surface area contributed by atoms with Crippen LogP contribution in [0.15, 0.2) is 0 Å². The standard InChI is InChI=1S/C17H32N2O/c1-2-7-19-11-14(9-17(20)15-5-6-15)8-16(12-19)18-10-13-3-4-13/h13-18,20H,2-12H2,1H3. The van der Waals surface area contributed by atoms with Crippen LogP contribution < -0.4 is 5.32 Å². The number of aliphatic hydroxyl groups is 1. The number of nitrogens with one attached hydrogen (secondary N) is 1. The highest BCUT2D eigenvalue weighted by Gasteiger charge is 2.34. The van der Waals surface area contributed by atoms with Gasteiger partial charge in [-0.15, -0.1) is 0 Å². The van der Waals surface area contributed by atoms with E-state index in [1.165, 1.54) is 64.7 Å². The Kier molecular flexibility index (Phi) is 5.00. The lowest BCUT2D eigenvalue weighted by molar-refractivity contribution is 0.0747. The van der Waals surface area contributed by atoms with Crippen LogP contribution in [0.2, 0.25) is 0 Å². The van der Waals surface area contributed by atoms with Crippen LogP contribution in [-0.4, -0.2) is 48.3 Å². The third-order valence-electron chi connectivity index (χ3n) is 5.29. The van der Waals surface area contributed by atoms with Crippen molar-refractivity contribution in [3.8, 4) is 0 Å². The van der Waals surface area contributed by atoms with E-state index in [2.05, 4.69) is 17.1 Å². The monoisotopic (exact) mass is 280 g/mol. The SMILES string of the molecule is CCCN1CC(CC(O)C2CC2)CC(NCC2CC2)C1. The van der Waals surface area contributed by atoms with Crippen LogP contribution in [0.4, 0.5) is 0 Å². The van der Waals surface area contributed by atoms with Gasteiger partial charge in [-0.05, 0) is 75.8 Å². The maximum Gasteiger partial charge on any atom is 0.0571 e. The van der Waals surface area contributed by atoms with Crippen LogP contribution in [0, 0.1) is 17.8 Å². The molecule has 3 nitrogen and oxygen atoms in total. The molecule has 20 heavy (non-hydrogen) atoms. The molecular weight excluding hydrogens is 248 g/mol. The van der Waals surface area contributed by atoms with Crippen LogP contribution in [0.1, 0.15) is 51.9 Å². The van der Waals surface area contributed by atoms with Crippen molar-refractivity contribution in [1.82, 2.24) is 10.2 Å². The Morgan fingerprint density at radius 1 is 1.15 bits per heavy atom. The molecule has 0 aromatic carbocycles. The molecule has 3 heteroatoms. The average molecular weight is 280 g/mol. The quantitative estimate of drug-likeness (QED) is 0.716. The van der Waals surface area contributed by atoms with Crippen molar-refractivity contribution in [2.24, 2.45) is 17.8 Å². The Hall–Kier alpha value is -0.120. The van der Waals surface area contributed by atoms with Gasteiger partial charge in [-0.3, -0.25) is 0 Å². The van der Waals surface area contributed by atoms with Crippen LogP contribution >= 0.6 is 0 Å². The number of likely N-dealkylation sites (tertiary alicyclic amines) is 1. The minimum absolute atomic E-state index is 0.0225. The predicted octanol–water partition coefficient (Wildman–Crippen LogP) is 2.25. The zero-order valence-corrected chi connectivity index (χ0v) is 13.1. The molecule has 0 bridgehead atoms. The summed E-state index contributed by atoms with van der Waals surface area (Å²) in [6.45, 7) is 7.14. The van der Waals surface area contributed by atoms with Crippen molar-refractivity contribution < 1.29 is 5.11 Å². The summed E-state index contributed by atoms with van der Waals surface area (Å²) in [6, 6.07) is 0.660. The highest BCUT2D eigenvalue weighted by atomic mass is 16.3. The van der Waals surface area contributed by atoms with Gasteiger partial charge >= 0.3 is 0 Å². The molecule has 3 aliphatic rings.